The van der Waals surface area contributed by atoms with Crippen molar-refractivity contribution in [2.45, 2.75) is 6.54 Å². The largest absolute Gasteiger partial charge is 0.455 e. The van der Waals surface area contributed by atoms with Gasteiger partial charge in [0, 0.05) is 23.7 Å². The van der Waals surface area contributed by atoms with E-state index < -0.39 is 0 Å². The first kappa shape index (κ1) is 14.0. The van der Waals surface area contributed by atoms with Crippen LogP contribution in [-0.2, 0) is 6.54 Å². The second-order valence-corrected chi connectivity index (χ2v) is 5.36. The van der Waals surface area contributed by atoms with Crippen LogP contribution in [0.2, 0.25) is 0 Å². The smallest absolute Gasteiger partial charge is 0.142 e. The molecular weight excluding hydrogens is 335 g/mol. The van der Waals surface area contributed by atoms with Crippen LogP contribution in [0.5, 0.6) is 11.5 Å². The maximum absolute atomic E-state index is 13.2. The quantitative estimate of drug-likeness (QED) is 0.765. The Labute approximate surface area is 129 Å². The van der Waals surface area contributed by atoms with Crippen molar-refractivity contribution in [1.82, 2.24) is 4.98 Å². The van der Waals surface area contributed by atoms with Gasteiger partial charge in [-0.05, 0) is 46.3 Å². The van der Waals surface area contributed by atoms with Crippen LogP contribution in [0.1, 0.15) is 5.56 Å². The minimum Gasteiger partial charge on any atom is -0.455 e. The third kappa shape index (κ3) is 2.75. The van der Waals surface area contributed by atoms with Crippen LogP contribution < -0.4 is 10.5 Å². The van der Waals surface area contributed by atoms with Crippen molar-refractivity contribution >= 4 is 26.8 Å². The predicted octanol–water partition coefficient (Wildman–Crippen LogP) is 4.39. The summed E-state index contributed by atoms with van der Waals surface area (Å²) < 4.78 is 19.7. The summed E-state index contributed by atoms with van der Waals surface area (Å²) in [4.78, 5) is 4.36. The van der Waals surface area contributed by atoms with E-state index in [2.05, 4.69) is 20.9 Å². The molecule has 0 aliphatic rings. The number of rotatable bonds is 3. The number of halogens is 2. The summed E-state index contributed by atoms with van der Waals surface area (Å²) in [6.07, 6.45) is 1.70. The van der Waals surface area contributed by atoms with Gasteiger partial charge < -0.3 is 10.5 Å². The van der Waals surface area contributed by atoms with Gasteiger partial charge in [-0.25, -0.2) is 4.39 Å². The number of nitrogens with two attached hydrogens (primary N) is 1. The Bertz CT molecular complexity index is 807. The monoisotopic (exact) mass is 346 g/mol. The number of hydrogen-bond acceptors (Lipinski definition) is 3. The van der Waals surface area contributed by atoms with E-state index in [-0.39, 0.29) is 5.82 Å². The Morgan fingerprint density at radius 3 is 2.76 bits per heavy atom. The van der Waals surface area contributed by atoms with Crippen molar-refractivity contribution in [3.8, 4) is 11.5 Å². The molecule has 21 heavy (non-hydrogen) atoms. The molecule has 0 bridgehead atoms. The molecule has 3 rings (SSSR count). The van der Waals surface area contributed by atoms with Gasteiger partial charge in [0.05, 0.1) is 9.99 Å². The van der Waals surface area contributed by atoms with Crippen molar-refractivity contribution in [3.63, 3.8) is 0 Å². The lowest BCUT2D eigenvalue weighted by Crippen LogP contribution is -2.01. The summed E-state index contributed by atoms with van der Waals surface area (Å²) in [7, 11) is 0. The Kier molecular flexibility index (Phi) is 3.86. The molecule has 0 saturated heterocycles. The minimum absolute atomic E-state index is 0.311. The average Bonchev–Trinajstić information content (AvgIpc) is 2.50. The maximum Gasteiger partial charge on any atom is 0.142 e. The standard InChI is InChI=1S/C16H12BrFN2O/c17-13-7-11(18)5-6-15(13)21-16-10(8-19)9-20-14-4-2-1-3-12(14)16/h1-7,9H,8,19H2. The van der Waals surface area contributed by atoms with E-state index in [0.29, 0.717) is 22.5 Å². The number of hydrogen-bond donors (Lipinski definition) is 1. The fraction of sp³-hybridized carbons (Fsp3) is 0.0625. The van der Waals surface area contributed by atoms with Crippen LogP contribution in [0.15, 0.2) is 53.1 Å². The number of nitrogens with zero attached hydrogens (tertiary/aromatic N) is 1. The highest BCUT2D eigenvalue weighted by atomic mass is 79.9. The molecular formula is C16H12BrFN2O. The lowest BCUT2D eigenvalue weighted by atomic mass is 10.1. The molecule has 1 aromatic heterocycles. The summed E-state index contributed by atoms with van der Waals surface area (Å²) in [5.41, 5.74) is 7.38. The molecule has 0 saturated carbocycles. The van der Waals surface area contributed by atoms with Gasteiger partial charge in [-0.15, -0.1) is 0 Å². The molecule has 0 aliphatic carbocycles. The van der Waals surface area contributed by atoms with Gasteiger partial charge in [-0.1, -0.05) is 12.1 Å². The number of fused-ring (bicyclic) bond motifs is 1. The predicted molar refractivity (Wildman–Crippen MR) is 83.8 cm³/mol. The van der Waals surface area contributed by atoms with Gasteiger partial charge in [-0.2, -0.15) is 0 Å². The molecule has 2 aromatic carbocycles. The second-order valence-electron chi connectivity index (χ2n) is 4.51. The first-order valence-corrected chi connectivity index (χ1v) is 7.18. The van der Waals surface area contributed by atoms with E-state index in [1.54, 1.807) is 12.3 Å². The Morgan fingerprint density at radius 1 is 1.19 bits per heavy atom. The van der Waals surface area contributed by atoms with Gasteiger partial charge >= 0.3 is 0 Å². The number of pyridine rings is 1. The summed E-state index contributed by atoms with van der Waals surface area (Å²) in [6, 6.07) is 11.9. The highest BCUT2D eigenvalue weighted by molar-refractivity contribution is 9.10. The number of ether oxygens (including phenoxy) is 1. The normalized spacial score (nSPS) is 10.8. The Balaban J connectivity index is 2.14. The molecule has 5 heteroatoms. The van der Waals surface area contributed by atoms with E-state index in [0.717, 1.165) is 16.5 Å². The van der Waals surface area contributed by atoms with E-state index in [1.807, 2.05) is 24.3 Å². The zero-order valence-electron chi connectivity index (χ0n) is 11.0. The van der Waals surface area contributed by atoms with E-state index in [4.69, 9.17) is 10.5 Å². The Morgan fingerprint density at radius 2 is 2.00 bits per heavy atom. The average molecular weight is 347 g/mol. The van der Waals surface area contributed by atoms with Gasteiger partial charge in [0.2, 0.25) is 0 Å². The van der Waals surface area contributed by atoms with Crippen molar-refractivity contribution in [2.75, 3.05) is 0 Å². The van der Waals surface area contributed by atoms with Crippen LogP contribution >= 0.6 is 15.9 Å². The van der Waals surface area contributed by atoms with Crippen molar-refractivity contribution < 1.29 is 9.13 Å². The number of benzene rings is 2. The summed E-state index contributed by atoms with van der Waals surface area (Å²) >= 11 is 3.30. The molecule has 3 nitrogen and oxygen atoms in total. The third-order valence-electron chi connectivity index (χ3n) is 3.13. The zero-order valence-corrected chi connectivity index (χ0v) is 12.6. The minimum atomic E-state index is -0.326. The fourth-order valence-electron chi connectivity index (χ4n) is 2.09. The zero-order chi connectivity index (χ0) is 14.8. The maximum atomic E-state index is 13.2. The molecule has 106 valence electrons. The Hall–Kier alpha value is -1.98. The van der Waals surface area contributed by atoms with Crippen molar-refractivity contribution in [1.29, 1.82) is 0 Å². The molecule has 0 aliphatic heterocycles. The van der Waals surface area contributed by atoms with Gasteiger partial charge in [0.25, 0.3) is 0 Å². The van der Waals surface area contributed by atoms with Crippen LogP contribution in [0.4, 0.5) is 4.39 Å². The molecule has 3 aromatic rings. The lowest BCUT2D eigenvalue weighted by molar-refractivity contribution is 0.476. The SMILES string of the molecule is NCc1cnc2ccccc2c1Oc1ccc(F)cc1Br. The molecule has 0 unspecified atom stereocenters. The van der Waals surface area contributed by atoms with Crippen LogP contribution in [-0.4, -0.2) is 4.98 Å². The van der Waals surface area contributed by atoms with Gasteiger partial charge in [0.15, 0.2) is 0 Å². The number of para-hydroxylation sites is 1. The first-order valence-electron chi connectivity index (χ1n) is 6.38. The molecule has 0 atom stereocenters. The molecule has 0 radical (unpaired) electrons. The van der Waals surface area contributed by atoms with Crippen LogP contribution in [0.25, 0.3) is 10.9 Å². The van der Waals surface area contributed by atoms with Crippen molar-refractivity contribution in [2.24, 2.45) is 5.73 Å². The van der Waals surface area contributed by atoms with E-state index in [9.17, 15) is 4.39 Å². The molecule has 0 amide bonds. The number of aromatic nitrogens is 1. The highest BCUT2D eigenvalue weighted by Gasteiger charge is 2.12. The fourth-order valence-corrected chi connectivity index (χ4v) is 2.52. The van der Waals surface area contributed by atoms with Gasteiger partial charge in [-0.3, -0.25) is 4.98 Å². The van der Waals surface area contributed by atoms with Gasteiger partial charge in [0.1, 0.15) is 17.3 Å². The third-order valence-corrected chi connectivity index (χ3v) is 3.75. The highest BCUT2D eigenvalue weighted by Crippen LogP contribution is 2.35. The van der Waals surface area contributed by atoms with E-state index in [1.165, 1.54) is 12.1 Å². The first-order chi connectivity index (χ1) is 10.2. The van der Waals surface area contributed by atoms with Crippen LogP contribution in [0, 0.1) is 5.82 Å². The topological polar surface area (TPSA) is 48.1 Å². The molecule has 0 spiro atoms. The molecule has 2 N–H and O–H groups in total. The molecule has 1 heterocycles. The lowest BCUT2D eigenvalue weighted by Gasteiger charge is -2.13. The molecule has 0 fully saturated rings. The van der Waals surface area contributed by atoms with E-state index >= 15 is 0 Å². The van der Waals surface area contributed by atoms with Crippen LogP contribution in [0.3, 0.4) is 0 Å². The summed E-state index contributed by atoms with van der Waals surface area (Å²) in [5.74, 6) is 0.853. The second kappa shape index (κ2) is 5.79. The van der Waals surface area contributed by atoms with Crippen molar-refractivity contribution in [3.05, 3.63) is 64.5 Å². The summed E-state index contributed by atoms with van der Waals surface area (Å²) in [6.45, 7) is 0.311. The summed E-state index contributed by atoms with van der Waals surface area (Å²) in [5, 5.41) is 0.872.